The van der Waals surface area contributed by atoms with Crippen LogP contribution in [-0.4, -0.2) is 33.0 Å². The van der Waals surface area contributed by atoms with Gasteiger partial charge in [-0.25, -0.2) is 4.68 Å². The van der Waals surface area contributed by atoms with Gasteiger partial charge in [0.15, 0.2) is 5.69 Å². The fourth-order valence-electron chi connectivity index (χ4n) is 3.27. The lowest BCUT2D eigenvalue weighted by Gasteiger charge is -2.08. The van der Waals surface area contributed by atoms with Crippen LogP contribution in [0.1, 0.15) is 11.3 Å². The van der Waals surface area contributed by atoms with Crippen LogP contribution in [0.25, 0.3) is 10.8 Å². The number of aromatic hydroxyl groups is 2. The summed E-state index contributed by atoms with van der Waals surface area (Å²) in [6.07, 6.45) is 0. The Balaban J connectivity index is 1.77. The van der Waals surface area contributed by atoms with Gasteiger partial charge in [-0.15, -0.1) is 10.2 Å². The second-order valence-corrected chi connectivity index (χ2v) is 8.25. The van der Waals surface area contributed by atoms with E-state index in [0.29, 0.717) is 12.2 Å². The van der Waals surface area contributed by atoms with E-state index in [1.165, 1.54) is 10.7 Å². The summed E-state index contributed by atoms with van der Waals surface area (Å²) >= 11 is 0. The van der Waals surface area contributed by atoms with E-state index in [-0.39, 0.29) is 28.0 Å². The van der Waals surface area contributed by atoms with Gasteiger partial charge >= 0.3 is 0 Å². The van der Waals surface area contributed by atoms with E-state index in [9.17, 15) is 23.2 Å². The third kappa shape index (κ3) is 3.98. The highest BCUT2D eigenvalue weighted by molar-refractivity contribution is 7.86. The summed E-state index contributed by atoms with van der Waals surface area (Å²) in [5, 5.41) is 33.8. The minimum Gasteiger partial charge on any atom is -0.506 e. The highest BCUT2D eigenvalue weighted by atomic mass is 32.2. The molecule has 9 nitrogen and oxygen atoms in total. The minimum absolute atomic E-state index is 0.00221. The van der Waals surface area contributed by atoms with Gasteiger partial charge < -0.3 is 10.2 Å². The van der Waals surface area contributed by atoms with Crippen molar-refractivity contribution in [3.63, 3.8) is 0 Å². The Kier molecular flexibility index (Phi) is 5.17. The Morgan fingerprint density at radius 2 is 1.55 bits per heavy atom. The minimum atomic E-state index is -4.56. The van der Waals surface area contributed by atoms with Gasteiger partial charge in [-0.05, 0) is 12.5 Å². The molecule has 4 rings (SSSR count). The third-order valence-electron chi connectivity index (χ3n) is 4.73. The Morgan fingerprint density at radius 3 is 2.23 bits per heavy atom. The van der Waals surface area contributed by atoms with Crippen LogP contribution in [0.3, 0.4) is 0 Å². The van der Waals surface area contributed by atoms with E-state index in [4.69, 9.17) is 0 Å². The van der Waals surface area contributed by atoms with Crippen LogP contribution < -0.4 is 0 Å². The van der Waals surface area contributed by atoms with Gasteiger partial charge in [0.05, 0.1) is 12.2 Å². The van der Waals surface area contributed by atoms with Crippen molar-refractivity contribution in [1.82, 2.24) is 9.78 Å². The smallest absolute Gasteiger partial charge is 0.295 e. The molecule has 0 radical (unpaired) electrons. The molecular formula is C21H18N4O5S. The third-order valence-corrected chi connectivity index (χ3v) is 5.62. The van der Waals surface area contributed by atoms with Gasteiger partial charge in [-0.2, -0.15) is 13.5 Å². The molecule has 10 heteroatoms. The maximum absolute atomic E-state index is 11.7. The van der Waals surface area contributed by atoms with Crippen LogP contribution in [0.15, 0.2) is 75.8 Å². The van der Waals surface area contributed by atoms with Crippen molar-refractivity contribution in [3.05, 3.63) is 71.9 Å². The van der Waals surface area contributed by atoms with E-state index in [1.807, 2.05) is 30.3 Å². The average Bonchev–Trinajstić information content (AvgIpc) is 2.99. The second kappa shape index (κ2) is 7.82. The average molecular weight is 438 g/mol. The first-order valence-electron chi connectivity index (χ1n) is 9.20. The number of phenols is 1. The van der Waals surface area contributed by atoms with Crippen LogP contribution in [-0.2, 0) is 16.7 Å². The number of benzene rings is 3. The van der Waals surface area contributed by atoms with Crippen molar-refractivity contribution < 1.29 is 23.2 Å². The lowest BCUT2D eigenvalue weighted by Crippen LogP contribution is -2.00. The molecule has 1 heterocycles. The van der Waals surface area contributed by atoms with Crippen molar-refractivity contribution in [2.45, 2.75) is 18.4 Å². The number of hydrogen-bond acceptors (Lipinski definition) is 7. The predicted octanol–water partition coefficient (Wildman–Crippen LogP) is 4.47. The van der Waals surface area contributed by atoms with Crippen molar-refractivity contribution >= 4 is 32.3 Å². The first kappa shape index (κ1) is 20.5. The quantitative estimate of drug-likeness (QED) is 0.311. The Bertz CT molecular complexity index is 1410. The normalized spacial score (nSPS) is 12.1. The molecule has 4 aromatic rings. The monoisotopic (exact) mass is 438 g/mol. The van der Waals surface area contributed by atoms with Gasteiger partial charge in [-0.1, -0.05) is 54.6 Å². The fraction of sp³-hybridized carbons (Fsp3) is 0.0952. The first-order chi connectivity index (χ1) is 14.8. The zero-order valence-corrected chi connectivity index (χ0v) is 17.2. The Hall–Kier alpha value is -3.76. The number of fused-ring (bicyclic) bond motifs is 1. The molecule has 158 valence electrons. The molecule has 1 aromatic heterocycles. The van der Waals surface area contributed by atoms with Crippen molar-refractivity contribution in [2.24, 2.45) is 10.2 Å². The molecule has 0 aliphatic heterocycles. The molecule has 0 atom stereocenters. The van der Waals surface area contributed by atoms with Crippen LogP contribution >= 0.6 is 0 Å². The highest BCUT2D eigenvalue weighted by Crippen LogP contribution is 2.41. The van der Waals surface area contributed by atoms with Crippen molar-refractivity contribution in [1.29, 1.82) is 0 Å². The molecular weight excluding hydrogens is 420 g/mol. The summed E-state index contributed by atoms with van der Waals surface area (Å²) in [5.41, 5.74) is 1.49. The maximum atomic E-state index is 11.7. The number of rotatable bonds is 5. The lowest BCUT2D eigenvalue weighted by atomic mass is 10.1. The van der Waals surface area contributed by atoms with E-state index in [2.05, 4.69) is 15.3 Å². The summed E-state index contributed by atoms with van der Waals surface area (Å²) in [6, 6.07) is 16.6. The topological polar surface area (TPSA) is 137 Å². The van der Waals surface area contributed by atoms with E-state index < -0.39 is 20.8 Å². The number of hydrogen-bond donors (Lipinski definition) is 3. The van der Waals surface area contributed by atoms with E-state index in [0.717, 1.165) is 11.6 Å². The highest BCUT2D eigenvalue weighted by Gasteiger charge is 2.20. The zero-order chi connectivity index (χ0) is 22.2. The molecule has 0 aliphatic carbocycles. The standard InChI is InChI=1S/C21H18N4O5S/c1-13-19(21(27)25(24-13)12-14-7-3-2-4-8-14)22-23-20-16-10-6-5-9-15(16)18(11-17(20)26)31(28,29)30/h2-11,26-27H,12H2,1H3,(H,28,29,30). The number of aryl methyl sites for hydroxylation is 1. The Labute approximate surface area is 177 Å². The number of phenolic OH excluding ortho intramolecular Hbond substituents is 1. The zero-order valence-electron chi connectivity index (χ0n) is 16.3. The van der Waals surface area contributed by atoms with Gasteiger partial charge in [-0.3, -0.25) is 4.55 Å². The molecule has 3 N–H and O–H groups in total. The summed E-state index contributed by atoms with van der Waals surface area (Å²) in [7, 11) is -4.56. The second-order valence-electron chi connectivity index (χ2n) is 6.86. The molecule has 3 aromatic carbocycles. The molecule has 0 saturated heterocycles. The number of azo groups is 1. The van der Waals surface area contributed by atoms with E-state index >= 15 is 0 Å². The number of nitrogens with zero attached hydrogens (tertiary/aromatic N) is 4. The van der Waals surface area contributed by atoms with Crippen molar-refractivity contribution in [3.8, 4) is 11.6 Å². The molecule has 0 fully saturated rings. The van der Waals surface area contributed by atoms with Gasteiger partial charge in [0, 0.05) is 16.8 Å². The predicted molar refractivity (Wildman–Crippen MR) is 114 cm³/mol. The molecule has 0 aliphatic rings. The summed E-state index contributed by atoms with van der Waals surface area (Å²) in [6.45, 7) is 2.00. The van der Waals surface area contributed by atoms with Crippen LogP contribution in [0.2, 0.25) is 0 Å². The SMILES string of the molecule is Cc1nn(Cc2ccccc2)c(O)c1N=Nc1c(O)cc(S(=O)(=O)O)c2ccccc12. The summed E-state index contributed by atoms with van der Waals surface area (Å²) < 4.78 is 34.2. The van der Waals surface area contributed by atoms with Gasteiger partial charge in [0.2, 0.25) is 5.88 Å². The van der Waals surface area contributed by atoms with Crippen LogP contribution in [0.4, 0.5) is 11.4 Å². The molecule has 0 spiro atoms. The molecule has 0 bridgehead atoms. The molecule has 0 unspecified atom stereocenters. The summed E-state index contributed by atoms with van der Waals surface area (Å²) in [4.78, 5) is -0.436. The van der Waals surface area contributed by atoms with Gasteiger partial charge in [0.1, 0.15) is 16.3 Å². The van der Waals surface area contributed by atoms with Gasteiger partial charge in [0.25, 0.3) is 10.1 Å². The molecule has 31 heavy (non-hydrogen) atoms. The maximum Gasteiger partial charge on any atom is 0.295 e. The van der Waals surface area contributed by atoms with Crippen LogP contribution in [0, 0.1) is 6.92 Å². The number of aromatic nitrogens is 2. The largest absolute Gasteiger partial charge is 0.506 e. The summed E-state index contributed by atoms with van der Waals surface area (Å²) in [5.74, 6) is -0.674. The fourth-order valence-corrected chi connectivity index (χ4v) is 3.99. The lowest BCUT2D eigenvalue weighted by molar-refractivity contribution is 0.410. The molecule has 0 amide bonds. The van der Waals surface area contributed by atoms with Crippen LogP contribution in [0.5, 0.6) is 11.6 Å². The Morgan fingerprint density at radius 1 is 0.935 bits per heavy atom. The van der Waals surface area contributed by atoms with Crippen molar-refractivity contribution in [2.75, 3.05) is 0 Å². The first-order valence-corrected chi connectivity index (χ1v) is 10.6. The van der Waals surface area contributed by atoms with E-state index in [1.54, 1.807) is 25.1 Å². The molecule has 0 saturated carbocycles.